The molecule has 0 bridgehead atoms. The highest BCUT2D eigenvalue weighted by Crippen LogP contribution is 2.23. The third-order valence-corrected chi connectivity index (χ3v) is 3.35. The van der Waals surface area contributed by atoms with Gasteiger partial charge in [-0.25, -0.2) is 0 Å². The highest BCUT2D eigenvalue weighted by molar-refractivity contribution is 5.85. The van der Waals surface area contributed by atoms with E-state index in [1.807, 2.05) is 61.5 Å². The molecular weight excluding hydrogens is 246 g/mol. The molecule has 0 fully saturated rings. The van der Waals surface area contributed by atoms with E-state index in [1.165, 1.54) is 0 Å². The molecule has 2 aromatic rings. The molecular formula is C18H19NO. The van der Waals surface area contributed by atoms with Gasteiger partial charge in [-0.3, -0.25) is 4.79 Å². The second kappa shape index (κ2) is 6.20. The molecule has 20 heavy (non-hydrogen) atoms. The first-order chi connectivity index (χ1) is 9.59. The lowest BCUT2D eigenvalue weighted by molar-refractivity contribution is -0.126. The van der Waals surface area contributed by atoms with E-state index in [0.717, 1.165) is 22.4 Å². The number of benzene rings is 2. The van der Waals surface area contributed by atoms with Crippen molar-refractivity contribution in [3.63, 3.8) is 0 Å². The quantitative estimate of drug-likeness (QED) is 0.817. The van der Waals surface area contributed by atoms with Gasteiger partial charge < -0.3 is 4.90 Å². The predicted molar refractivity (Wildman–Crippen MR) is 82.9 cm³/mol. The van der Waals surface area contributed by atoms with Crippen molar-refractivity contribution in [1.29, 1.82) is 0 Å². The maximum absolute atomic E-state index is 11.9. The Bertz CT molecular complexity index is 616. The topological polar surface area (TPSA) is 20.3 Å². The molecule has 0 aliphatic rings. The normalized spacial score (nSPS) is 10.1. The average Bonchev–Trinajstić information content (AvgIpc) is 2.45. The molecule has 0 saturated carbocycles. The van der Waals surface area contributed by atoms with Crippen molar-refractivity contribution in [3.8, 4) is 0 Å². The second-order valence-electron chi connectivity index (χ2n) is 4.85. The van der Waals surface area contributed by atoms with E-state index in [1.54, 1.807) is 11.8 Å². The largest absolute Gasteiger partial charge is 0.308 e. The van der Waals surface area contributed by atoms with Crippen LogP contribution in [0.2, 0.25) is 0 Å². The van der Waals surface area contributed by atoms with Gasteiger partial charge in [-0.15, -0.1) is 0 Å². The van der Waals surface area contributed by atoms with E-state index in [2.05, 4.69) is 6.58 Å². The van der Waals surface area contributed by atoms with Crippen molar-refractivity contribution in [2.24, 2.45) is 0 Å². The van der Waals surface area contributed by atoms with Gasteiger partial charge in [0.2, 0.25) is 5.91 Å². The van der Waals surface area contributed by atoms with Crippen LogP contribution in [0.5, 0.6) is 0 Å². The molecule has 2 aromatic carbocycles. The first kappa shape index (κ1) is 14.1. The lowest BCUT2D eigenvalue weighted by Gasteiger charge is -2.24. The Kier molecular flexibility index (Phi) is 4.36. The van der Waals surface area contributed by atoms with Crippen LogP contribution in [0, 0.1) is 6.92 Å². The van der Waals surface area contributed by atoms with Gasteiger partial charge >= 0.3 is 0 Å². The minimum Gasteiger partial charge on any atom is -0.308 e. The zero-order chi connectivity index (χ0) is 14.5. The standard InChI is InChI=1S/C18H19NO/c1-14-9-7-8-12-18(14)15(2)19(16(3)20)13-17-10-5-4-6-11-17/h4-12H,2,13H2,1,3H3. The van der Waals surface area contributed by atoms with Crippen molar-refractivity contribution >= 4 is 11.6 Å². The van der Waals surface area contributed by atoms with Gasteiger partial charge in [0.25, 0.3) is 0 Å². The Labute approximate surface area is 120 Å². The molecule has 0 N–H and O–H groups in total. The molecule has 0 aliphatic heterocycles. The minimum absolute atomic E-state index is 0.00195. The van der Waals surface area contributed by atoms with Crippen LogP contribution in [0.25, 0.3) is 5.70 Å². The number of hydrogen-bond donors (Lipinski definition) is 0. The maximum atomic E-state index is 11.9. The van der Waals surface area contributed by atoms with Gasteiger partial charge in [-0.05, 0) is 18.1 Å². The fourth-order valence-corrected chi connectivity index (χ4v) is 2.20. The van der Waals surface area contributed by atoms with Crippen molar-refractivity contribution in [3.05, 3.63) is 77.9 Å². The van der Waals surface area contributed by atoms with Gasteiger partial charge in [0.15, 0.2) is 0 Å². The van der Waals surface area contributed by atoms with Gasteiger partial charge in [0, 0.05) is 18.2 Å². The van der Waals surface area contributed by atoms with Crippen LogP contribution in [-0.4, -0.2) is 10.8 Å². The van der Waals surface area contributed by atoms with Gasteiger partial charge in [0.05, 0.1) is 6.54 Å². The molecule has 0 aromatic heterocycles. The number of hydrogen-bond acceptors (Lipinski definition) is 1. The van der Waals surface area contributed by atoms with Crippen molar-refractivity contribution < 1.29 is 4.79 Å². The highest BCUT2D eigenvalue weighted by Gasteiger charge is 2.15. The fraction of sp³-hybridized carbons (Fsp3) is 0.167. The van der Waals surface area contributed by atoms with Crippen LogP contribution >= 0.6 is 0 Å². The molecule has 0 aliphatic carbocycles. The zero-order valence-corrected chi connectivity index (χ0v) is 12.0. The van der Waals surface area contributed by atoms with E-state index in [-0.39, 0.29) is 5.91 Å². The summed E-state index contributed by atoms with van der Waals surface area (Å²) < 4.78 is 0. The first-order valence-electron chi connectivity index (χ1n) is 6.66. The summed E-state index contributed by atoms with van der Waals surface area (Å²) in [6, 6.07) is 17.9. The predicted octanol–water partition coefficient (Wildman–Crippen LogP) is 4.01. The summed E-state index contributed by atoms with van der Waals surface area (Å²) in [5.74, 6) is 0.00195. The zero-order valence-electron chi connectivity index (χ0n) is 12.0. The SMILES string of the molecule is C=C(c1ccccc1C)N(Cc1ccccc1)C(C)=O. The van der Waals surface area contributed by atoms with Gasteiger partial charge in [-0.2, -0.15) is 0 Å². The lowest BCUT2D eigenvalue weighted by Crippen LogP contribution is -2.26. The summed E-state index contributed by atoms with van der Waals surface area (Å²) in [6.45, 7) is 8.26. The number of amides is 1. The second-order valence-corrected chi connectivity index (χ2v) is 4.85. The molecule has 0 saturated heterocycles. The fourth-order valence-electron chi connectivity index (χ4n) is 2.20. The highest BCUT2D eigenvalue weighted by atomic mass is 16.2. The number of carbonyl (C=O) groups excluding carboxylic acids is 1. The Morgan fingerprint density at radius 1 is 1.05 bits per heavy atom. The van der Waals surface area contributed by atoms with Gasteiger partial charge in [-0.1, -0.05) is 61.2 Å². The Morgan fingerprint density at radius 2 is 1.65 bits per heavy atom. The summed E-state index contributed by atoms with van der Waals surface area (Å²) in [4.78, 5) is 13.7. The molecule has 1 amide bonds. The Balaban J connectivity index is 2.28. The van der Waals surface area contributed by atoms with E-state index in [0.29, 0.717) is 6.54 Å². The Morgan fingerprint density at radius 3 is 2.25 bits per heavy atom. The van der Waals surface area contributed by atoms with E-state index in [9.17, 15) is 4.79 Å². The number of rotatable bonds is 4. The number of carbonyl (C=O) groups is 1. The Hall–Kier alpha value is -2.35. The molecule has 0 spiro atoms. The van der Waals surface area contributed by atoms with Crippen LogP contribution in [0.1, 0.15) is 23.6 Å². The molecule has 0 heterocycles. The van der Waals surface area contributed by atoms with Crippen molar-refractivity contribution in [2.75, 3.05) is 0 Å². The molecule has 102 valence electrons. The van der Waals surface area contributed by atoms with Crippen LogP contribution in [0.3, 0.4) is 0 Å². The van der Waals surface area contributed by atoms with Crippen LogP contribution in [-0.2, 0) is 11.3 Å². The molecule has 2 heteroatoms. The first-order valence-corrected chi connectivity index (χ1v) is 6.66. The van der Waals surface area contributed by atoms with E-state index in [4.69, 9.17) is 0 Å². The average molecular weight is 265 g/mol. The van der Waals surface area contributed by atoms with Crippen LogP contribution in [0.15, 0.2) is 61.2 Å². The summed E-state index contributed by atoms with van der Waals surface area (Å²) in [5.41, 5.74) is 3.98. The van der Waals surface area contributed by atoms with Crippen LogP contribution in [0.4, 0.5) is 0 Å². The van der Waals surface area contributed by atoms with Crippen LogP contribution < -0.4 is 0 Å². The summed E-state index contributed by atoms with van der Waals surface area (Å²) in [7, 11) is 0. The number of aryl methyl sites for hydroxylation is 1. The third-order valence-electron chi connectivity index (χ3n) is 3.35. The van der Waals surface area contributed by atoms with E-state index < -0.39 is 0 Å². The van der Waals surface area contributed by atoms with Gasteiger partial charge in [0.1, 0.15) is 0 Å². The lowest BCUT2D eigenvalue weighted by atomic mass is 10.0. The summed E-state index contributed by atoms with van der Waals surface area (Å²) >= 11 is 0. The molecule has 2 rings (SSSR count). The monoisotopic (exact) mass is 265 g/mol. The van der Waals surface area contributed by atoms with Crippen molar-refractivity contribution in [1.82, 2.24) is 4.90 Å². The molecule has 0 atom stereocenters. The smallest absolute Gasteiger partial charge is 0.224 e. The van der Waals surface area contributed by atoms with Crippen molar-refractivity contribution in [2.45, 2.75) is 20.4 Å². The summed E-state index contributed by atoms with van der Waals surface area (Å²) in [5, 5.41) is 0. The third kappa shape index (κ3) is 3.15. The molecule has 0 unspecified atom stereocenters. The minimum atomic E-state index is 0.00195. The molecule has 2 nitrogen and oxygen atoms in total. The molecule has 0 radical (unpaired) electrons. The van der Waals surface area contributed by atoms with E-state index >= 15 is 0 Å². The maximum Gasteiger partial charge on any atom is 0.224 e. The summed E-state index contributed by atoms with van der Waals surface area (Å²) in [6.07, 6.45) is 0. The number of nitrogens with zero attached hydrogens (tertiary/aromatic N) is 1.